The van der Waals surface area contributed by atoms with Gasteiger partial charge in [-0.15, -0.1) is 0 Å². The molecule has 1 atom stereocenters. The van der Waals surface area contributed by atoms with Gasteiger partial charge >= 0.3 is 5.97 Å². The van der Waals surface area contributed by atoms with E-state index >= 15 is 0 Å². The zero-order valence-electron chi connectivity index (χ0n) is 10.0. The van der Waals surface area contributed by atoms with Crippen LogP contribution < -0.4 is 4.74 Å². The number of methoxy groups -OCH3 is 1. The lowest BCUT2D eigenvalue weighted by Crippen LogP contribution is -2.37. The topological polar surface area (TPSA) is 68.5 Å². The van der Waals surface area contributed by atoms with Crippen molar-refractivity contribution in [1.82, 2.24) is 0 Å². The number of rotatable bonds is 3. The summed E-state index contributed by atoms with van der Waals surface area (Å²) in [6.07, 6.45) is 0.315. The first-order valence-electron chi connectivity index (χ1n) is 5.56. The second-order valence-electron chi connectivity index (χ2n) is 3.94. The molecule has 94 valence electrons. The average Bonchev–Trinajstić information content (AvgIpc) is 2.39. The van der Waals surface area contributed by atoms with E-state index in [1.165, 1.54) is 7.11 Å². The van der Waals surface area contributed by atoms with Gasteiger partial charge in [-0.2, -0.15) is 5.26 Å². The number of esters is 1. The van der Waals surface area contributed by atoms with Gasteiger partial charge in [0, 0.05) is 13.5 Å². The van der Waals surface area contributed by atoms with Crippen LogP contribution in [0.2, 0.25) is 0 Å². The van der Waals surface area contributed by atoms with E-state index in [-0.39, 0.29) is 6.61 Å². The summed E-state index contributed by atoms with van der Waals surface area (Å²) >= 11 is 0. The predicted octanol–water partition coefficient (Wildman–Crippen LogP) is 1.38. The Bertz CT molecular complexity index is 494. The van der Waals surface area contributed by atoms with Crippen molar-refractivity contribution in [2.45, 2.75) is 12.0 Å². The zero-order valence-corrected chi connectivity index (χ0v) is 10.0. The molecule has 0 saturated heterocycles. The first-order chi connectivity index (χ1) is 8.72. The Morgan fingerprint density at radius 2 is 2.33 bits per heavy atom. The van der Waals surface area contributed by atoms with E-state index in [1.54, 1.807) is 18.2 Å². The molecule has 1 aliphatic rings. The molecule has 0 amide bonds. The van der Waals surface area contributed by atoms with Crippen LogP contribution in [0.1, 0.15) is 12.0 Å². The molecule has 1 aromatic carbocycles. The third kappa shape index (κ3) is 2.15. The minimum absolute atomic E-state index is 0.174. The standard InChI is InChI=1S/C13H13NO4/c1-16-8-12(15)18-13(9-14)6-7-17-11-5-3-2-4-10(11)13/h2-5H,6-8H2,1H3/t13-/m1/s1. The van der Waals surface area contributed by atoms with Gasteiger partial charge in [-0.05, 0) is 6.07 Å². The molecule has 0 bridgehead atoms. The Kier molecular flexibility index (Phi) is 3.49. The van der Waals surface area contributed by atoms with Crippen molar-refractivity contribution in [2.75, 3.05) is 20.3 Å². The number of carbonyl (C=O) groups is 1. The SMILES string of the molecule is COCC(=O)O[C@@]1(C#N)CCOc2ccccc21. The molecule has 0 aliphatic carbocycles. The van der Waals surface area contributed by atoms with Gasteiger partial charge in [-0.1, -0.05) is 18.2 Å². The smallest absolute Gasteiger partial charge is 0.333 e. The number of benzene rings is 1. The minimum atomic E-state index is -1.27. The third-order valence-electron chi connectivity index (χ3n) is 2.76. The lowest BCUT2D eigenvalue weighted by molar-refractivity contribution is -0.161. The molecular formula is C13H13NO4. The fraction of sp³-hybridized carbons (Fsp3) is 0.385. The van der Waals surface area contributed by atoms with Gasteiger partial charge in [0.2, 0.25) is 5.60 Å². The van der Waals surface area contributed by atoms with E-state index in [0.717, 1.165) is 0 Å². The molecule has 0 saturated carbocycles. The minimum Gasteiger partial charge on any atom is -0.493 e. The van der Waals surface area contributed by atoms with Crippen molar-refractivity contribution in [3.63, 3.8) is 0 Å². The first kappa shape index (κ1) is 12.4. The third-order valence-corrected chi connectivity index (χ3v) is 2.76. The molecule has 1 aromatic rings. The van der Waals surface area contributed by atoms with Crippen LogP contribution in [0.15, 0.2) is 24.3 Å². The lowest BCUT2D eigenvalue weighted by Gasteiger charge is -2.32. The maximum atomic E-state index is 11.5. The Hall–Kier alpha value is -2.06. The van der Waals surface area contributed by atoms with Crippen LogP contribution in [0.25, 0.3) is 0 Å². The molecule has 2 rings (SSSR count). The van der Waals surface area contributed by atoms with Gasteiger partial charge in [-0.25, -0.2) is 4.79 Å². The predicted molar refractivity (Wildman–Crippen MR) is 61.8 cm³/mol. The normalized spacial score (nSPS) is 21.3. The number of nitriles is 1. The Labute approximate surface area is 105 Å². The van der Waals surface area contributed by atoms with E-state index in [9.17, 15) is 10.1 Å². The van der Waals surface area contributed by atoms with Crippen LogP contribution in [0.3, 0.4) is 0 Å². The van der Waals surface area contributed by atoms with Gasteiger partial charge in [0.1, 0.15) is 18.4 Å². The van der Waals surface area contributed by atoms with E-state index in [0.29, 0.717) is 24.3 Å². The van der Waals surface area contributed by atoms with E-state index in [1.807, 2.05) is 6.07 Å². The summed E-state index contributed by atoms with van der Waals surface area (Å²) in [5.41, 5.74) is -0.687. The number of hydrogen-bond acceptors (Lipinski definition) is 5. The molecule has 0 spiro atoms. The summed E-state index contributed by atoms with van der Waals surface area (Å²) in [7, 11) is 1.40. The van der Waals surface area contributed by atoms with Crippen LogP contribution in [-0.4, -0.2) is 26.3 Å². The van der Waals surface area contributed by atoms with Crippen LogP contribution in [-0.2, 0) is 19.9 Å². The number of para-hydroxylation sites is 1. The second-order valence-corrected chi connectivity index (χ2v) is 3.94. The number of hydrogen-bond donors (Lipinski definition) is 0. The molecule has 1 aliphatic heterocycles. The number of nitrogens with zero attached hydrogens (tertiary/aromatic N) is 1. The van der Waals surface area contributed by atoms with Crippen molar-refractivity contribution in [3.8, 4) is 11.8 Å². The molecular weight excluding hydrogens is 234 g/mol. The maximum Gasteiger partial charge on any atom is 0.333 e. The molecule has 0 radical (unpaired) electrons. The summed E-state index contributed by atoms with van der Waals surface area (Å²) in [5.74, 6) is 0.0197. The second kappa shape index (κ2) is 5.07. The van der Waals surface area contributed by atoms with Crippen LogP contribution in [0.5, 0.6) is 5.75 Å². The van der Waals surface area contributed by atoms with Crippen LogP contribution in [0, 0.1) is 11.3 Å². The van der Waals surface area contributed by atoms with Gasteiger partial charge in [-0.3, -0.25) is 0 Å². The number of ether oxygens (including phenoxy) is 3. The number of carbonyl (C=O) groups excluding carboxylic acids is 1. The molecule has 0 aromatic heterocycles. The largest absolute Gasteiger partial charge is 0.493 e. The zero-order chi connectivity index (χ0) is 13.0. The molecule has 18 heavy (non-hydrogen) atoms. The lowest BCUT2D eigenvalue weighted by atomic mass is 9.89. The fourth-order valence-corrected chi connectivity index (χ4v) is 1.95. The molecule has 0 unspecified atom stereocenters. The Balaban J connectivity index is 2.34. The highest BCUT2D eigenvalue weighted by molar-refractivity contribution is 5.72. The molecule has 5 heteroatoms. The molecule has 1 heterocycles. The van der Waals surface area contributed by atoms with Crippen molar-refractivity contribution >= 4 is 5.97 Å². The van der Waals surface area contributed by atoms with Crippen molar-refractivity contribution in [3.05, 3.63) is 29.8 Å². The van der Waals surface area contributed by atoms with Crippen LogP contribution in [0.4, 0.5) is 0 Å². The fourth-order valence-electron chi connectivity index (χ4n) is 1.95. The van der Waals surface area contributed by atoms with Gasteiger partial charge in [0.15, 0.2) is 0 Å². The van der Waals surface area contributed by atoms with Crippen molar-refractivity contribution < 1.29 is 19.0 Å². The van der Waals surface area contributed by atoms with Gasteiger partial charge < -0.3 is 14.2 Å². The molecule has 5 nitrogen and oxygen atoms in total. The number of fused-ring (bicyclic) bond motifs is 1. The van der Waals surface area contributed by atoms with E-state index in [2.05, 4.69) is 6.07 Å². The average molecular weight is 247 g/mol. The van der Waals surface area contributed by atoms with Gasteiger partial charge in [0.05, 0.1) is 12.2 Å². The molecule has 0 N–H and O–H groups in total. The Morgan fingerprint density at radius 3 is 3.06 bits per heavy atom. The van der Waals surface area contributed by atoms with E-state index in [4.69, 9.17) is 14.2 Å². The highest BCUT2D eigenvalue weighted by Crippen LogP contribution is 2.39. The quantitative estimate of drug-likeness (QED) is 0.755. The summed E-state index contributed by atoms with van der Waals surface area (Å²) in [5, 5.41) is 9.38. The van der Waals surface area contributed by atoms with Gasteiger partial charge in [0.25, 0.3) is 0 Å². The summed E-state index contributed by atoms with van der Waals surface area (Å²) < 4.78 is 15.4. The highest BCUT2D eigenvalue weighted by atomic mass is 16.6. The van der Waals surface area contributed by atoms with Crippen molar-refractivity contribution in [1.29, 1.82) is 5.26 Å². The van der Waals surface area contributed by atoms with Crippen LogP contribution >= 0.6 is 0 Å². The highest BCUT2D eigenvalue weighted by Gasteiger charge is 2.41. The van der Waals surface area contributed by atoms with E-state index < -0.39 is 11.6 Å². The Morgan fingerprint density at radius 1 is 1.56 bits per heavy atom. The van der Waals surface area contributed by atoms with Crippen molar-refractivity contribution in [2.24, 2.45) is 0 Å². The maximum absolute atomic E-state index is 11.5. The summed E-state index contributed by atoms with van der Waals surface area (Å²) in [4.78, 5) is 11.5. The molecule has 0 fully saturated rings. The summed E-state index contributed by atoms with van der Waals surface area (Å²) in [6.45, 7) is 0.164. The summed E-state index contributed by atoms with van der Waals surface area (Å²) in [6, 6.07) is 9.16. The first-order valence-corrected chi connectivity index (χ1v) is 5.56. The monoisotopic (exact) mass is 247 g/mol.